The molecule has 1 unspecified atom stereocenters. The average Bonchev–Trinajstić information content (AvgIpc) is 2.38. The standard InChI is InChI=1S/C13H18ClN3O/c1-16(2)11-4-3-7-17(9-11)13(18)12-8-10(14)5-6-15-12/h5-6,8,11H,3-4,7,9H2,1-2H3. The summed E-state index contributed by atoms with van der Waals surface area (Å²) in [6, 6.07) is 3.74. The summed E-state index contributed by atoms with van der Waals surface area (Å²) in [5.74, 6) is -0.0240. The van der Waals surface area contributed by atoms with Crippen LogP contribution in [0.15, 0.2) is 18.3 Å². The molecule has 98 valence electrons. The van der Waals surface area contributed by atoms with Crippen molar-refractivity contribution in [1.82, 2.24) is 14.8 Å². The molecule has 2 rings (SSSR count). The second kappa shape index (κ2) is 5.67. The summed E-state index contributed by atoms with van der Waals surface area (Å²) in [7, 11) is 4.10. The fourth-order valence-corrected chi connectivity index (χ4v) is 2.40. The smallest absolute Gasteiger partial charge is 0.272 e. The van der Waals surface area contributed by atoms with E-state index in [0.717, 1.165) is 25.9 Å². The quantitative estimate of drug-likeness (QED) is 0.821. The van der Waals surface area contributed by atoms with Crippen molar-refractivity contribution in [3.8, 4) is 0 Å². The largest absolute Gasteiger partial charge is 0.336 e. The lowest BCUT2D eigenvalue weighted by Gasteiger charge is -2.35. The van der Waals surface area contributed by atoms with E-state index in [0.29, 0.717) is 16.8 Å². The summed E-state index contributed by atoms with van der Waals surface area (Å²) in [5.41, 5.74) is 0.432. The Morgan fingerprint density at radius 1 is 1.56 bits per heavy atom. The van der Waals surface area contributed by atoms with Gasteiger partial charge in [-0.1, -0.05) is 11.6 Å². The number of hydrogen-bond donors (Lipinski definition) is 0. The molecule has 1 fully saturated rings. The molecule has 1 amide bonds. The summed E-state index contributed by atoms with van der Waals surface area (Å²) >= 11 is 5.89. The minimum atomic E-state index is -0.0240. The van der Waals surface area contributed by atoms with Crippen LogP contribution in [0, 0.1) is 0 Å². The molecule has 0 N–H and O–H groups in total. The predicted octanol–water partition coefficient (Wildman–Crippen LogP) is 1.90. The molecule has 0 saturated carbocycles. The number of carbonyl (C=O) groups is 1. The van der Waals surface area contributed by atoms with Crippen molar-refractivity contribution < 1.29 is 4.79 Å². The SMILES string of the molecule is CN(C)C1CCCN(C(=O)c2cc(Cl)ccn2)C1. The molecular formula is C13H18ClN3O. The third kappa shape index (κ3) is 3.00. The van der Waals surface area contributed by atoms with Crippen molar-refractivity contribution in [2.75, 3.05) is 27.2 Å². The van der Waals surface area contributed by atoms with E-state index in [1.165, 1.54) is 0 Å². The van der Waals surface area contributed by atoms with Gasteiger partial charge in [0.25, 0.3) is 5.91 Å². The van der Waals surface area contributed by atoms with Gasteiger partial charge in [0, 0.05) is 30.4 Å². The Labute approximate surface area is 113 Å². The molecule has 0 bridgehead atoms. The van der Waals surface area contributed by atoms with Crippen LogP contribution >= 0.6 is 11.6 Å². The van der Waals surface area contributed by atoms with Gasteiger partial charge in [0.15, 0.2) is 0 Å². The average molecular weight is 268 g/mol. The Hall–Kier alpha value is -1.13. The summed E-state index contributed by atoms with van der Waals surface area (Å²) in [6.45, 7) is 1.57. The van der Waals surface area contributed by atoms with Gasteiger partial charge in [-0.25, -0.2) is 0 Å². The maximum Gasteiger partial charge on any atom is 0.272 e. The Bertz CT molecular complexity index is 436. The van der Waals surface area contributed by atoms with Crippen LogP contribution < -0.4 is 0 Å². The summed E-state index contributed by atoms with van der Waals surface area (Å²) in [5, 5.41) is 0.550. The predicted molar refractivity (Wildman–Crippen MR) is 71.9 cm³/mol. The third-order valence-corrected chi connectivity index (χ3v) is 3.59. The first-order valence-electron chi connectivity index (χ1n) is 6.15. The molecule has 1 aromatic heterocycles. The molecule has 2 heterocycles. The van der Waals surface area contributed by atoms with Gasteiger partial charge in [-0.05, 0) is 39.1 Å². The molecule has 1 aliphatic rings. The molecule has 18 heavy (non-hydrogen) atoms. The van der Waals surface area contributed by atoms with Crippen LogP contribution in [0.5, 0.6) is 0 Å². The summed E-state index contributed by atoms with van der Waals surface area (Å²) in [6.07, 6.45) is 3.75. The molecule has 1 aliphatic heterocycles. The lowest BCUT2D eigenvalue weighted by molar-refractivity contribution is 0.0629. The number of carbonyl (C=O) groups excluding carboxylic acids is 1. The zero-order valence-electron chi connectivity index (χ0n) is 10.8. The van der Waals surface area contributed by atoms with E-state index in [1.807, 2.05) is 4.90 Å². The third-order valence-electron chi connectivity index (χ3n) is 3.36. The number of piperidine rings is 1. The topological polar surface area (TPSA) is 36.4 Å². The van der Waals surface area contributed by atoms with Crippen LogP contribution in [0.25, 0.3) is 0 Å². The number of rotatable bonds is 2. The molecule has 0 radical (unpaired) electrons. The van der Waals surface area contributed by atoms with Crippen LogP contribution in [-0.4, -0.2) is 53.9 Å². The van der Waals surface area contributed by atoms with Crippen LogP contribution in [0.1, 0.15) is 23.3 Å². The van der Waals surface area contributed by atoms with Gasteiger partial charge in [0.05, 0.1) is 0 Å². The van der Waals surface area contributed by atoms with Gasteiger partial charge in [-0.15, -0.1) is 0 Å². The van der Waals surface area contributed by atoms with Crippen LogP contribution in [0.4, 0.5) is 0 Å². The molecule has 1 aromatic rings. The van der Waals surface area contributed by atoms with Gasteiger partial charge >= 0.3 is 0 Å². The lowest BCUT2D eigenvalue weighted by atomic mass is 10.0. The van der Waals surface area contributed by atoms with Crippen molar-refractivity contribution in [3.63, 3.8) is 0 Å². The second-order valence-corrected chi connectivity index (χ2v) is 5.31. The van der Waals surface area contributed by atoms with Crippen molar-refractivity contribution in [2.24, 2.45) is 0 Å². The van der Waals surface area contributed by atoms with Crippen molar-refractivity contribution in [2.45, 2.75) is 18.9 Å². The lowest BCUT2D eigenvalue weighted by Crippen LogP contribution is -2.47. The minimum absolute atomic E-state index is 0.0240. The zero-order chi connectivity index (χ0) is 13.1. The van der Waals surface area contributed by atoms with Gasteiger partial charge < -0.3 is 9.80 Å². The van der Waals surface area contributed by atoms with Gasteiger partial charge in [0.2, 0.25) is 0 Å². The molecule has 0 spiro atoms. The maximum absolute atomic E-state index is 12.3. The zero-order valence-corrected chi connectivity index (χ0v) is 11.5. The molecule has 4 nitrogen and oxygen atoms in total. The molecule has 1 saturated heterocycles. The van der Waals surface area contributed by atoms with E-state index in [2.05, 4.69) is 24.0 Å². The highest BCUT2D eigenvalue weighted by Gasteiger charge is 2.26. The fourth-order valence-electron chi connectivity index (χ4n) is 2.24. The van der Waals surface area contributed by atoms with Gasteiger partial charge in [0.1, 0.15) is 5.69 Å². The van der Waals surface area contributed by atoms with Crippen LogP contribution in [0.3, 0.4) is 0 Å². The first kappa shape index (κ1) is 13.3. The highest BCUT2D eigenvalue weighted by atomic mass is 35.5. The Morgan fingerprint density at radius 3 is 3.00 bits per heavy atom. The van der Waals surface area contributed by atoms with Crippen LogP contribution in [0.2, 0.25) is 5.02 Å². The normalized spacial score (nSPS) is 20.2. The molecule has 0 aliphatic carbocycles. The van der Waals surface area contributed by atoms with Gasteiger partial charge in [-0.2, -0.15) is 0 Å². The highest BCUT2D eigenvalue weighted by Crippen LogP contribution is 2.17. The number of halogens is 1. The highest BCUT2D eigenvalue weighted by molar-refractivity contribution is 6.30. The van der Waals surface area contributed by atoms with Crippen molar-refractivity contribution >= 4 is 17.5 Å². The molecule has 1 atom stereocenters. The Kier molecular flexibility index (Phi) is 4.19. The van der Waals surface area contributed by atoms with E-state index >= 15 is 0 Å². The number of nitrogens with zero attached hydrogens (tertiary/aromatic N) is 3. The number of hydrogen-bond acceptors (Lipinski definition) is 3. The minimum Gasteiger partial charge on any atom is -0.336 e. The van der Waals surface area contributed by atoms with E-state index < -0.39 is 0 Å². The Morgan fingerprint density at radius 2 is 2.33 bits per heavy atom. The number of amides is 1. The molecular weight excluding hydrogens is 250 g/mol. The fraction of sp³-hybridized carbons (Fsp3) is 0.538. The van der Waals surface area contributed by atoms with Gasteiger partial charge in [-0.3, -0.25) is 9.78 Å². The monoisotopic (exact) mass is 267 g/mol. The number of pyridine rings is 1. The molecule has 5 heteroatoms. The molecule has 0 aromatic carbocycles. The van der Waals surface area contributed by atoms with Crippen molar-refractivity contribution in [1.29, 1.82) is 0 Å². The number of aromatic nitrogens is 1. The van der Waals surface area contributed by atoms with Crippen molar-refractivity contribution in [3.05, 3.63) is 29.0 Å². The van der Waals surface area contributed by atoms with E-state index in [-0.39, 0.29) is 5.91 Å². The maximum atomic E-state index is 12.3. The van der Waals surface area contributed by atoms with Crippen LogP contribution in [-0.2, 0) is 0 Å². The number of likely N-dealkylation sites (N-methyl/N-ethyl adjacent to an activating group) is 1. The first-order chi connectivity index (χ1) is 8.58. The summed E-state index contributed by atoms with van der Waals surface area (Å²) in [4.78, 5) is 20.4. The van der Waals surface area contributed by atoms with E-state index in [1.54, 1.807) is 18.3 Å². The first-order valence-corrected chi connectivity index (χ1v) is 6.53. The number of likely N-dealkylation sites (tertiary alicyclic amines) is 1. The second-order valence-electron chi connectivity index (χ2n) is 4.87. The van der Waals surface area contributed by atoms with E-state index in [4.69, 9.17) is 11.6 Å². The summed E-state index contributed by atoms with van der Waals surface area (Å²) < 4.78 is 0. The Balaban J connectivity index is 2.09. The van der Waals surface area contributed by atoms with E-state index in [9.17, 15) is 4.79 Å².